The minimum atomic E-state index is -3.85. The normalized spacial score (nSPS) is 22.2. The van der Waals surface area contributed by atoms with Crippen LogP contribution >= 0.6 is 23.2 Å². The van der Waals surface area contributed by atoms with Gasteiger partial charge in [-0.2, -0.15) is 4.31 Å². The number of likely N-dealkylation sites (tertiary alicyclic amines) is 1. The molecule has 0 aromatic heterocycles. The topological polar surface area (TPSA) is 101 Å². The van der Waals surface area contributed by atoms with Crippen LogP contribution in [0.15, 0.2) is 23.1 Å². The second-order valence-electron chi connectivity index (χ2n) is 7.28. The lowest BCUT2D eigenvalue weighted by Crippen LogP contribution is -2.49. The van der Waals surface area contributed by atoms with Crippen LogP contribution in [0.3, 0.4) is 0 Å². The number of primary amides is 1. The fourth-order valence-corrected chi connectivity index (χ4v) is 6.08. The van der Waals surface area contributed by atoms with Gasteiger partial charge in [0.25, 0.3) is 0 Å². The molecule has 3 rings (SSSR count). The summed E-state index contributed by atoms with van der Waals surface area (Å²) in [7, 11) is -3.85. The fourth-order valence-electron chi connectivity index (χ4n) is 3.82. The molecule has 1 aromatic rings. The Kier molecular flexibility index (Phi) is 6.54. The third kappa shape index (κ3) is 4.45. The van der Waals surface area contributed by atoms with E-state index in [1.165, 1.54) is 22.5 Å². The summed E-state index contributed by atoms with van der Waals surface area (Å²) in [4.78, 5) is 25.9. The molecule has 1 aromatic carbocycles. The van der Waals surface area contributed by atoms with Crippen LogP contribution in [-0.4, -0.2) is 55.6 Å². The summed E-state index contributed by atoms with van der Waals surface area (Å²) in [6, 6.07) is 4.31. The second kappa shape index (κ2) is 8.57. The van der Waals surface area contributed by atoms with Crippen molar-refractivity contribution in [3.63, 3.8) is 0 Å². The maximum atomic E-state index is 13.0. The van der Waals surface area contributed by atoms with Gasteiger partial charge in [-0.15, -0.1) is 0 Å². The predicted molar refractivity (Wildman–Crippen MR) is 106 cm³/mol. The number of hydrogen-bond donors (Lipinski definition) is 1. The number of benzene rings is 1. The summed E-state index contributed by atoms with van der Waals surface area (Å²) in [5, 5.41) is 0.385. The first-order valence-electron chi connectivity index (χ1n) is 9.23. The Hall–Kier alpha value is -1.35. The van der Waals surface area contributed by atoms with Gasteiger partial charge in [0.15, 0.2) is 0 Å². The van der Waals surface area contributed by atoms with E-state index in [0.29, 0.717) is 45.3 Å². The highest BCUT2D eigenvalue weighted by atomic mass is 35.5. The number of piperidine rings is 2. The van der Waals surface area contributed by atoms with Gasteiger partial charge < -0.3 is 10.6 Å². The Bertz CT molecular complexity index is 870. The number of sulfonamides is 1. The zero-order valence-electron chi connectivity index (χ0n) is 15.3. The molecule has 10 heteroatoms. The van der Waals surface area contributed by atoms with E-state index in [0.717, 1.165) is 0 Å². The molecule has 154 valence electrons. The number of carbonyl (C=O) groups is 2. The van der Waals surface area contributed by atoms with E-state index < -0.39 is 15.9 Å². The zero-order valence-corrected chi connectivity index (χ0v) is 17.6. The van der Waals surface area contributed by atoms with E-state index in [1.54, 1.807) is 4.90 Å². The lowest BCUT2D eigenvalue weighted by molar-refractivity contribution is -0.139. The van der Waals surface area contributed by atoms with Gasteiger partial charge >= 0.3 is 0 Å². The third-order valence-corrected chi connectivity index (χ3v) is 8.04. The van der Waals surface area contributed by atoms with Gasteiger partial charge in [-0.25, -0.2) is 8.42 Å². The quantitative estimate of drug-likeness (QED) is 0.763. The number of nitrogens with zero attached hydrogens (tertiary/aromatic N) is 2. The standard InChI is InChI=1S/C18H23Cl2N3O4S/c19-14-3-4-15(20)16(10-14)28(26,27)23-7-1-2-13(11-23)18(25)22-8-5-12(6-9-22)17(21)24/h3-4,10,12-13H,1-2,5-9,11H2,(H2,21,24)/t13-/m1/s1. The monoisotopic (exact) mass is 447 g/mol. The number of halogens is 2. The lowest BCUT2D eigenvalue weighted by atomic mass is 9.93. The smallest absolute Gasteiger partial charge is 0.244 e. The first-order chi connectivity index (χ1) is 13.2. The molecule has 2 fully saturated rings. The number of rotatable bonds is 4. The maximum Gasteiger partial charge on any atom is 0.244 e. The number of amides is 2. The third-order valence-electron chi connectivity index (χ3n) is 5.45. The minimum Gasteiger partial charge on any atom is -0.369 e. The van der Waals surface area contributed by atoms with Crippen molar-refractivity contribution in [1.82, 2.24) is 9.21 Å². The van der Waals surface area contributed by atoms with Crippen LogP contribution in [0.1, 0.15) is 25.7 Å². The highest BCUT2D eigenvalue weighted by molar-refractivity contribution is 7.89. The van der Waals surface area contributed by atoms with Crippen LogP contribution < -0.4 is 5.73 Å². The van der Waals surface area contributed by atoms with Gasteiger partial charge in [0.2, 0.25) is 21.8 Å². The van der Waals surface area contributed by atoms with Crippen molar-refractivity contribution in [3.05, 3.63) is 28.2 Å². The minimum absolute atomic E-state index is 0.0444. The zero-order chi connectivity index (χ0) is 20.5. The summed E-state index contributed by atoms with van der Waals surface area (Å²) in [6.45, 7) is 1.38. The van der Waals surface area contributed by atoms with Crippen LogP contribution in [0.5, 0.6) is 0 Å². The molecule has 2 aliphatic rings. The summed E-state index contributed by atoms with van der Waals surface area (Å²) in [6.07, 6.45) is 2.32. The van der Waals surface area contributed by atoms with Crippen molar-refractivity contribution < 1.29 is 18.0 Å². The molecular formula is C18H23Cl2N3O4S. The predicted octanol–water partition coefficient (Wildman–Crippen LogP) is 2.12. The first kappa shape index (κ1) is 21.4. The molecule has 2 amide bonds. The van der Waals surface area contributed by atoms with Gasteiger partial charge in [-0.1, -0.05) is 23.2 Å². The molecule has 0 radical (unpaired) electrons. The van der Waals surface area contributed by atoms with E-state index in [-0.39, 0.29) is 39.2 Å². The molecule has 2 saturated heterocycles. The molecule has 28 heavy (non-hydrogen) atoms. The van der Waals surface area contributed by atoms with E-state index in [1.807, 2.05) is 0 Å². The fraction of sp³-hybridized carbons (Fsp3) is 0.556. The van der Waals surface area contributed by atoms with E-state index in [9.17, 15) is 18.0 Å². The van der Waals surface area contributed by atoms with Gasteiger partial charge in [-0.05, 0) is 43.9 Å². The van der Waals surface area contributed by atoms with Crippen LogP contribution in [0.25, 0.3) is 0 Å². The molecule has 1 atom stereocenters. The summed E-state index contributed by atoms with van der Waals surface area (Å²) in [5.41, 5.74) is 5.34. The molecule has 0 saturated carbocycles. The molecule has 2 aliphatic heterocycles. The Morgan fingerprint density at radius 3 is 2.36 bits per heavy atom. The average molecular weight is 448 g/mol. The van der Waals surface area contributed by atoms with Crippen molar-refractivity contribution >= 4 is 45.0 Å². The van der Waals surface area contributed by atoms with Gasteiger partial charge in [0.05, 0.1) is 10.9 Å². The molecular weight excluding hydrogens is 425 g/mol. The molecule has 0 aliphatic carbocycles. The van der Waals surface area contributed by atoms with Crippen molar-refractivity contribution in [2.75, 3.05) is 26.2 Å². The van der Waals surface area contributed by atoms with Gasteiger partial charge in [0, 0.05) is 37.1 Å². The van der Waals surface area contributed by atoms with Crippen LogP contribution in [0.4, 0.5) is 0 Å². The number of nitrogens with two attached hydrogens (primary N) is 1. The Morgan fingerprint density at radius 2 is 1.71 bits per heavy atom. The van der Waals surface area contributed by atoms with Gasteiger partial charge in [0.1, 0.15) is 4.90 Å². The highest BCUT2D eigenvalue weighted by Gasteiger charge is 2.37. The SMILES string of the molecule is NC(=O)C1CCN(C(=O)[C@@H]2CCCN(S(=O)(=O)c3cc(Cl)ccc3Cl)C2)CC1. The second-order valence-corrected chi connectivity index (χ2v) is 10.0. The van der Waals surface area contributed by atoms with E-state index in [4.69, 9.17) is 28.9 Å². The Labute approximate surface area is 174 Å². The van der Waals surface area contributed by atoms with Crippen molar-refractivity contribution in [2.45, 2.75) is 30.6 Å². The average Bonchev–Trinajstić information content (AvgIpc) is 2.69. The van der Waals surface area contributed by atoms with E-state index >= 15 is 0 Å². The van der Waals surface area contributed by atoms with Crippen LogP contribution in [-0.2, 0) is 19.6 Å². The van der Waals surface area contributed by atoms with Gasteiger partial charge in [-0.3, -0.25) is 9.59 Å². The number of hydrogen-bond acceptors (Lipinski definition) is 4. The molecule has 0 spiro atoms. The van der Waals surface area contributed by atoms with Crippen molar-refractivity contribution in [2.24, 2.45) is 17.6 Å². The summed E-state index contributed by atoms with van der Waals surface area (Å²) in [5.74, 6) is -1.01. The summed E-state index contributed by atoms with van der Waals surface area (Å²) < 4.78 is 27.4. The molecule has 2 N–H and O–H groups in total. The van der Waals surface area contributed by atoms with Crippen molar-refractivity contribution in [3.8, 4) is 0 Å². The highest BCUT2D eigenvalue weighted by Crippen LogP contribution is 2.31. The largest absolute Gasteiger partial charge is 0.369 e. The molecule has 2 heterocycles. The maximum absolute atomic E-state index is 13.0. The lowest BCUT2D eigenvalue weighted by Gasteiger charge is -2.37. The van der Waals surface area contributed by atoms with Crippen molar-refractivity contribution in [1.29, 1.82) is 0 Å². The molecule has 7 nitrogen and oxygen atoms in total. The molecule has 0 unspecified atom stereocenters. The van der Waals surface area contributed by atoms with Crippen LogP contribution in [0, 0.1) is 11.8 Å². The van der Waals surface area contributed by atoms with E-state index in [2.05, 4.69) is 0 Å². The van der Waals surface area contributed by atoms with Crippen LogP contribution in [0.2, 0.25) is 10.0 Å². The number of carbonyl (C=O) groups excluding carboxylic acids is 2. The molecule has 0 bridgehead atoms. The first-order valence-corrected chi connectivity index (χ1v) is 11.4. The Morgan fingerprint density at radius 1 is 1.04 bits per heavy atom. The summed E-state index contributed by atoms with van der Waals surface area (Å²) >= 11 is 12.0. The Balaban J connectivity index is 1.71.